The van der Waals surface area contributed by atoms with Crippen LogP contribution in [0.5, 0.6) is 5.75 Å². The molecule has 0 bridgehead atoms. The highest BCUT2D eigenvalue weighted by Crippen LogP contribution is 2.33. The fourth-order valence-electron chi connectivity index (χ4n) is 3.31. The second-order valence-corrected chi connectivity index (χ2v) is 6.47. The molecule has 0 aromatic heterocycles. The van der Waals surface area contributed by atoms with E-state index >= 15 is 0 Å². The van der Waals surface area contributed by atoms with Crippen LogP contribution in [0.15, 0.2) is 12.1 Å². The maximum Gasteiger partial charge on any atom is 0.123 e. The summed E-state index contributed by atoms with van der Waals surface area (Å²) in [6.45, 7) is 10.1. The smallest absolute Gasteiger partial charge is 0.123 e. The average Bonchev–Trinajstić information content (AvgIpc) is 2.94. The molecule has 0 unspecified atom stereocenters. The highest BCUT2D eigenvalue weighted by Gasteiger charge is 2.17. The van der Waals surface area contributed by atoms with E-state index in [1.807, 2.05) is 0 Å². The molecule has 3 nitrogen and oxygen atoms in total. The van der Waals surface area contributed by atoms with Crippen LogP contribution in [-0.4, -0.2) is 44.4 Å². The number of hydrogen-bond acceptors (Lipinski definition) is 3. The van der Waals surface area contributed by atoms with E-state index in [-0.39, 0.29) is 0 Å². The average molecular weight is 289 g/mol. The van der Waals surface area contributed by atoms with Crippen molar-refractivity contribution in [3.05, 3.63) is 28.8 Å². The van der Waals surface area contributed by atoms with Crippen molar-refractivity contribution in [3.63, 3.8) is 0 Å². The number of nitrogens with zero attached hydrogens (tertiary/aromatic N) is 1. The minimum absolute atomic E-state index is 0.522. The van der Waals surface area contributed by atoms with Gasteiger partial charge in [-0.3, -0.25) is 4.90 Å². The van der Waals surface area contributed by atoms with E-state index in [1.54, 1.807) is 5.56 Å². The third-order valence-corrected chi connectivity index (χ3v) is 4.62. The first-order valence-corrected chi connectivity index (χ1v) is 8.32. The fraction of sp³-hybridized carbons (Fsp3) is 0.667. The number of aryl methyl sites for hydroxylation is 2. The molecule has 1 saturated heterocycles. The van der Waals surface area contributed by atoms with Crippen LogP contribution in [0.2, 0.25) is 0 Å². The number of rotatable bonds is 5. The van der Waals surface area contributed by atoms with E-state index in [2.05, 4.69) is 30.9 Å². The molecule has 0 radical (unpaired) electrons. The second kappa shape index (κ2) is 6.80. The van der Waals surface area contributed by atoms with Crippen molar-refractivity contribution in [1.82, 2.24) is 4.90 Å². The Bertz CT molecular complexity index is 478. The summed E-state index contributed by atoms with van der Waals surface area (Å²) in [7, 11) is 0. The molecule has 3 heteroatoms. The molecular weight excluding hydrogens is 262 g/mol. The first-order chi connectivity index (χ1) is 10.2. The lowest BCUT2D eigenvalue weighted by molar-refractivity contribution is 0.0322. The van der Waals surface area contributed by atoms with Gasteiger partial charge in [0.1, 0.15) is 12.4 Å². The Morgan fingerprint density at radius 3 is 2.57 bits per heavy atom. The molecule has 0 spiro atoms. The molecule has 1 aliphatic carbocycles. The molecule has 1 heterocycles. The van der Waals surface area contributed by atoms with Crippen LogP contribution in [0.3, 0.4) is 0 Å². The van der Waals surface area contributed by atoms with E-state index in [1.165, 1.54) is 30.4 Å². The van der Waals surface area contributed by atoms with Crippen LogP contribution < -0.4 is 4.74 Å². The molecule has 1 aromatic carbocycles. The predicted octanol–water partition coefficient (Wildman–Crippen LogP) is 3.01. The summed E-state index contributed by atoms with van der Waals surface area (Å²) in [5.41, 5.74) is 4.41. The SMILES string of the molecule is CC(C)c1cc2c(cc1OCCN1CCOCC1)CCC2. The molecule has 1 aliphatic heterocycles. The van der Waals surface area contributed by atoms with Crippen LogP contribution in [0.25, 0.3) is 0 Å². The normalized spacial score (nSPS) is 19.0. The topological polar surface area (TPSA) is 21.7 Å². The summed E-state index contributed by atoms with van der Waals surface area (Å²) in [6, 6.07) is 4.69. The van der Waals surface area contributed by atoms with Crippen LogP contribution >= 0.6 is 0 Å². The van der Waals surface area contributed by atoms with E-state index in [9.17, 15) is 0 Å². The Morgan fingerprint density at radius 1 is 1.14 bits per heavy atom. The summed E-state index contributed by atoms with van der Waals surface area (Å²) < 4.78 is 11.5. The zero-order valence-corrected chi connectivity index (χ0v) is 13.4. The van der Waals surface area contributed by atoms with Gasteiger partial charge in [0.2, 0.25) is 0 Å². The van der Waals surface area contributed by atoms with Crippen LogP contribution in [0.4, 0.5) is 0 Å². The standard InChI is InChI=1S/C18H27NO2/c1-14(2)17-12-15-4-3-5-16(15)13-18(17)21-11-8-19-6-9-20-10-7-19/h12-14H,3-11H2,1-2H3. The van der Waals surface area contributed by atoms with Crippen LogP contribution in [0, 0.1) is 0 Å². The van der Waals surface area contributed by atoms with Crippen molar-refractivity contribution < 1.29 is 9.47 Å². The van der Waals surface area contributed by atoms with Gasteiger partial charge in [-0.25, -0.2) is 0 Å². The number of fused-ring (bicyclic) bond motifs is 1. The van der Waals surface area contributed by atoms with Gasteiger partial charge in [-0.2, -0.15) is 0 Å². The Hall–Kier alpha value is -1.06. The van der Waals surface area contributed by atoms with Crippen LogP contribution in [-0.2, 0) is 17.6 Å². The van der Waals surface area contributed by atoms with Crippen molar-refractivity contribution in [1.29, 1.82) is 0 Å². The van der Waals surface area contributed by atoms with E-state index in [4.69, 9.17) is 9.47 Å². The van der Waals surface area contributed by atoms with Crippen molar-refractivity contribution in [2.45, 2.75) is 39.0 Å². The summed E-state index contributed by atoms with van der Waals surface area (Å²) >= 11 is 0. The first-order valence-electron chi connectivity index (χ1n) is 8.32. The van der Waals surface area contributed by atoms with Crippen molar-refractivity contribution in [3.8, 4) is 5.75 Å². The number of hydrogen-bond donors (Lipinski definition) is 0. The summed E-state index contributed by atoms with van der Waals surface area (Å²) in [6.07, 6.45) is 3.75. The van der Waals surface area contributed by atoms with E-state index < -0.39 is 0 Å². The third kappa shape index (κ3) is 3.58. The summed E-state index contributed by atoms with van der Waals surface area (Å²) in [5.74, 6) is 1.63. The monoisotopic (exact) mass is 289 g/mol. The molecule has 2 aliphatic rings. The molecule has 0 amide bonds. The second-order valence-electron chi connectivity index (χ2n) is 6.47. The molecule has 0 atom stereocenters. The minimum Gasteiger partial charge on any atom is -0.492 e. The van der Waals surface area contributed by atoms with Gasteiger partial charge in [0.25, 0.3) is 0 Å². The van der Waals surface area contributed by atoms with Gasteiger partial charge in [0, 0.05) is 19.6 Å². The third-order valence-electron chi connectivity index (χ3n) is 4.62. The maximum absolute atomic E-state index is 6.14. The summed E-state index contributed by atoms with van der Waals surface area (Å²) in [5, 5.41) is 0. The number of ether oxygens (including phenoxy) is 2. The first kappa shape index (κ1) is 14.9. The number of morpholine rings is 1. The molecule has 1 fully saturated rings. The fourth-order valence-corrected chi connectivity index (χ4v) is 3.31. The lowest BCUT2D eigenvalue weighted by Gasteiger charge is -2.26. The molecule has 3 rings (SSSR count). The van der Waals surface area contributed by atoms with Crippen molar-refractivity contribution >= 4 is 0 Å². The zero-order valence-electron chi connectivity index (χ0n) is 13.4. The largest absolute Gasteiger partial charge is 0.492 e. The van der Waals surface area contributed by atoms with Crippen LogP contribution in [0.1, 0.15) is 42.9 Å². The molecular formula is C18H27NO2. The van der Waals surface area contributed by atoms with Gasteiger partial charge in [0.15, 0.2) is 0 Å². The quantitative estimate of drug-likeness (QED) is 0.832. The molecule has 116 valence electrons. The number of benzene rings is 1. The van der Waals surface area contributed by atoms with E-state index in [0.717, 1.165) is 45.2 Å². The Labute approximate surface area is 128 Å². The van der Waals surface area contributed by atoms with Gasteiger partial charge in [-0.1, -0.05) is 19.9 Å². The zero-order chi connectivity index (χ0) is 14.7. The lowest BCUT2D eigenvalue weighted by Crippen LogP contribution is -2.38. The Morgan fingerprint density at radius 2 is 1.86 bits per heavy atom. The maximum atomic E-state index is 6.14. The molecule has 0 saturated carbocycles. The lowest BCUT2D eigenvalue weighted by atomic mass is 9.97. The van der Waals surface area contributed by atoms with Gasteiger partial charge in [0.05, 0.1) is 13.2 Å². The highest BCUT2D eigenvalue weighted by molar-refractivity contribution is 5.46. The van der Waals surface area contributed by atoms with Gasteiger partial charge >= 0.3 is 0 Å². The van der Waals surface area contributed by atoms with Gasteiger partial charge in [-0.05, 0) is 47.9 Å². The Balaban J connectivity index is 1.63. The predicted molar refractivity (Wildman–Crippen MR) is 85.3 cm³/mol. The minimum atomic E-state index is 0.522. The van der Waals surface area contributed by atoms with Gasteiger partial charge < -0.3 is 9.47 Å². The van der Waals surface area contributed by atoms with Gasteiger partial charge in [-0.15, -0.1) is 0 Å². The highest BCUT2D eigenvalue weighted by atomic mass is 16.5. The van der Waals surface area contributed by atoms with E-state index in [0.29, 0.717) is 5.92 Å². The van der Waals surface area contributed by atoms with Crippen molar-refractivity contribution in [2.75, 3.05) is 39.5 Å². The van der Waals surface area contributed by atoms with Crippen molar-refractivity contribution in [2.24, 2.45) is 0 Å². The molecule has 21 heavy (non-hydrogen) atoms. The Kier molecular flexibility index (Phi) is 4.81. The molecule has 0 N–H and O–H groups in total. The summed E-state index contributed by atoms with van der Waals surface area (Å²) in [4.78, 5) is 2.42. The molecule has 1 aromatic rings.